The zero-order chi connectivity index (χ0) is 16.6. The van der Waals surface area contributed by atoms with Gasteiger partial charge < -0.3 is 19.7 Å². The zero-order valence-electron chi connectivity index (χ0n) is 14.3. The lowest BCUT2D eigenvalue weighted by molar-refractivity contribution is -0.123. The van der Waals surface area contributed by atoms with Gasteiger partial charge in [0.1, 0.15) is 11.5 Å². The van der Waals surface area contributed by atoms with Crippen LogP contribution in [0.15, 0.2) is 24.3 Å². The molecule has 0 aliphatic rings. The molecule has 124 valence electrons. The van der Waals surface area contributed by atoms with E-state index in [1.807, 2.05) is 33.2 Å². The highest BCUT2D eigenvalue weighted by Gasteiger charge is 2.19. The molecule has 0 atom stereocenters. The third-order valence-corrected chi connectivity index (χ3v) is 3.01. The van der Waals surface area contributed by atoms with Crippen LogP contribution in [0.4, 0.5) is 0 Å². The Morgan fingerprint density at radius 3 is 2.18 bits per heavy atom. The van der Waals surface area contributed by atoms with Crippen LogP contribution in [0.2, 0.25) is 0 Å². The number of rotatable bonds is 9. The van der Waals surface area contributed by atoms with Gasteiger partial charge in [-0.25, -0.2) is 0 Å². The molecule has 22 heavy (non-hydrogen) atoms. The molecule has 5 nitrogen and oxygen atoms in total. The second kappa shape index (κ2) is 8.63. The fraction of sp³-hybridized carbons (Fsp3) is 0.588. The molecule has 0 aliphatic heterocycles. The van der Waals surface area contributed by atoms with Gasteiger partial charge in [-0.3, -0.25) is 4.79 Å². The Kier molecular flexibility index (Phi) is 7.18. The first-order valence-corrected chi connectivity index (χ1v) is 7.59. The molecule has 1 N–H and O–H groups in total. The monoisotopic (exact) mass is 308 g/mol. The Morgan fingerprint density at radius 1 is 1.14 bits per heavy atom. The van der Waals surface area contributed by atoms with Gasteiger partial charge in [-0.15, -0.1) is 0 Å². The van der Waals surface area contributed by atoms with E-state index >= 15 is 0 Å². The smallest absolute Gasteiger partial charge is 0.257 e. The number of nitrogens with zero attached hydrogens (tertiary/aromatic N) is 1. The van der Waals surface area contributed by atoms with E-state index in [4.69, 9.17) is 9.47 Å². The molecule has 0 aromatic heterocycles. The number of hydrogen-bond donors (Lipinski definition) is 1. The van der Waals surface area contributed by atoms with Crippen LogP contribution in [0.3, 0.4) is 0 Å². The standard InChI is InChI=1S/C17H28N2O3/c1-6-21-14-7-9-15(10-8-14)22-11-16(20)18-12-17(2,3)13-19(4)5/h7-10H,6,11-13H2,1-5H3,(H,18,20). The highest BCUT2D eigenvalue weighted by molar-refractivity contribution is 5.77. The Labute approximate surface area is 133 Å². The van der Waals surface area contributed by atoms with Gasteiger partial charge in [-0.1, -0.05) is 13.8 Å². The molecule has 0 saturated carbocycles. The van der Waals surface area contributed by atoms with Gasteiger partial charge in [0.2, 0.25) is 0 Å². The number of carbonyl (C=O) groups excluding carboxylic acids is 1. The fourth-order valence-electron chi connectivity index (χ4n) is 2.25. The summed E-state index contributed by atoms with van der Waals surface area (Å²) in [4.78, 5) is 14.0. The van der Waals surface area contributed by atoms with Crippen molar-refractivity contribution < 1.29 is 14.3 Å². The van der Waals surface area contributed by atoms with Gasteiger partial charge in [0.05, 0.1) is 6.61 Å². The molecule has 0 aliphatic carbocycles. The molecule has 1 amide bonds. The highest BCUT2D eigenvalue weighted by Crippen LogP contribution is 2.17. The summed E-state index contributed by atoms with van der Waals surface area (Å²) >= 11 is 0. The Balaban J connectivity index is 2.33. The van der Waals surface area contributed by atoms with Crippen LogP contribution in [-0.4, -0.2) is 51.2 Å². The third-order valence-electron chi connectivity index (χ3n) is 3.01. The Hall–Kier alpha value is -1.75. The molecule has 0 bridgehead atoms. The van der Waals surface area contributed by atoms with E-state index < -0.39 is 0 Å². The number of carbonyl (C=O) groups is 1. The maximum Gasteiger partial charge on any atom is 0.257 e. The van der Waals surface area contributed by atoms with Crippen molar-refractivity contribution in [2.75, 3.05) is 40.4 Å². The first kappa shape index (κ1) is 18.3. The van der Waals surface area contributed by atoms with Crippen molar-refractivity contribution in [1.82, 2.24) is 10.2 Å². The molecule has 0 fully saturated rings. The SMILES string of the molecule is CCOc1ccc(OCC(=O)NCC(C)(C)CN(C)C)cc1. The molecule has 0 saturated heterocycles. The lowest BCUT2D eigenvalue weighted by atomic mass is 9.93. The van der Waals surface area contributed by atoms with Crippen LogP contribution in [0.5, 0.6) is 11.5 Å². The largest absolute Gasteiger partial charge is 0.494 e. The predicted octanol–water partition coefficient (Wildman–Crippen LogP) is 2.17. The van der Waals surface area contributed by atoms with Crippen molar-refractivity contribution in [2.24, 2.45) is 5.41 Å². The van der Waals surface area contributed by atoms with E-state index in [9.17, 15) is 4.79 Å². The normalized spacial score (nSPS) is 11.4. The molecule has 1 aromatic rings. The van der Waals surface area contributed by atoms with Gasteiger partial charge in [0.15, 0.2) is 6.61 Å². The molecular formula is C17H28N2O3. The maximum atomic E-state index is 11.8. The lowest BCUT2D eigenvalue weighted by Crippen LogP contribution is -2.41. The second-order valence-corrected chi connectivity index (χ2v) is 6.37. The van der Waals surface area contributed by atoms with E-state index in [0.29, 0.717) is 18.9 Å². The number of amides is 1. The van der Waals surface area contributed by atoms with Gasteiger partial charge in [0.25, 0.3) is 5.91 Å². The Morgan fingerprint density at radius 2 is 1.68 bits per heavy atom. The Bertz CT molecular complexity index is 455. The summed E-state index contributed by atoms with van der Waals surface area (Å²) in [5.41, 5.74) is 0.0261. The quantitative estimate of drug-likeness (QED) is 0.759. The van der Waals surface area contributed by atoms with Gasteiger partial charge in [-0.2, -0.15) is 0 Å². The van der Waals surface area contributed by atoms with Crippen molar-refractivity contribution >= 4 is 5.91 Å². The van der Waals surface area contributed by atoms with E-state index in [0.717, 1.165) is 12.3 Å². The van der Waals surface area contributed by atoms with E-state index in [1.54, 1.807) is 12.1 Å². The van der Waals surface area contributed by atoms with Crippen LogP contribution in [-0.2, 0) is 4.79 Å². The van der Waals surface area contributed by atoms with E-state index in [2.05, 4.69) is 24.1 Å². The van der Waals surface area contributed by atoms with Crippen molar-refractivity contribution in [3.63, 3.8) is 0 Å². The molecule has 0 radical (unpaired) electrons. The van der Waals surface area contributed by atoms with Crippen LogP contribution < -0.4 is 14.8 Å². The van der Waals surface area contributed by atoms with E-state index in [1.165, 1.54) is 0 Å². The van der Waals surface area contributed by atoms with Crippen molar-refractivity contribution in [2.45, 2.75) is 20.8 Å². The number of hydrogen-bond acceptors (Lipinski definition) is 4. The summed E-state index contributed by atoms with van der Waals surface area (Å²) in [6.07, 6.45) is 0. The summed E-state index contributed by atoms with van der Waals surface area (Å²) < 4.78 is 10.8. The predicted molar refractivity (Wildman–Crippen MR) is 88.5 cm³/mol. The minimum absolute atomic E-state index is 0.0199. The number of benzene rings is 1. The van der Waals surface area contributed by atoms with Gasteiger partial charge in [0, 0.05) is 13.1 Å². The summed E-state index contributed by atoms with van der Waals surface area (Å²) in [7, 11) is 4.05. The minimum Gasteiger partial charge on any atom is -0.494 e. The molecule has 0 heterocycles. The number of ether oxygens (including phenoxy) is 2. The van der Waals surface area contributed by atoms with Gasteiger partial charge in [-0.05, 0) is 50.7 Å². The summed E-state index contributed by atoms with van der Waals surface area (Å²) in [5, 5.41) is 2.91. The summed E-state index contributed by atoms with van der Waals surface area (Å²) in [6, 6.07) is 7.26. The average Bonchev–Trinajstić information content (AvgIpc) is 2.43. The molecule has 0 spiro atoms. The molecule has 0 unspecified atom stereocenters. The fourth-order valence-corrected chi connectivity index (χ4v) is 2.25. The highest BCUT2D eigenvalue weighted by atomic mass is 16.5. The van der Waals surface area contributed by atoms with Crippen molar-refractivity contribution in [1.29, 1.82) is 0 Å². The average molecular weight is 308 g/mol. The molecule has 1 aromatic carbocycles. The molecular weight excluding hydrogens is 280 g/mol. The summed E-state index contributed by atoms with van der Waals surface area (Å²) in [5.74, 6) is 1.34. The molecule has 1 rings (SSSR count). The summed E-state index contributed by atoms with van der Waals surface area (Å²) in [6.45, 7) is 8.37. The molecule has 5 heteroatoms. The first-order chi connectivity index (χ1) is 10.3. The van der Waals surface area contributed by atoms with Crippen LogP contribution >= 0.6 is 0 Å². The van der Waals surface area contributed by atoms with E-state index in [-0.39, 0.29) is 17.9 Å². The maximum absolute atomic E-state index is 11.8. The van der Waals surface area contributed by atoms with Gasteiger partial charge >= 0.3 is 0 Å². The first-order valence-electron chi connectivity index (χ1n) is 7.59. The minimum atomic E-state index is -0.110. The van der Waals surface area contributed by atoms with Crippen molar-refractivity contribution in [3.8, 4) is 11.5 Å². The zero-order valence-corrected chi connectivity index (χ0v) is 14.3. The topological polar surface area (TPSA) is 50.8 Å². The van der Waals surface area contributed by atoms with Crippen molar-refractivity contribution in [3.05, 3.63) is 24.3 Å². The van der Waals surface area contributed by atoms with Crippen LogP contribution in [0, 0.1) is 5.41 Å². The van der Waals surface area contributed by atoms with Crippen LogP contribution in [0.25, 0.3) is 0 Å². The second-order valence-electron chi connectivity index (χ2n) is 6.37. The third kappa shape index (κ3) is 7.31. The van der Waals surface area contributed by atoms with Crippen LogP contribution in [0.1, 0.15) is 20.8 Å². The number of nitrogens with one attached hydrogen (secondary N) is 1. The lowest BCUT2D eigenvalue weighted by Gasteiger charge is -2.28.